The zero-order chi connectivity index (χ0) is 12.1. The first kappa shape index (κ1) is 11.3. The second-order valence-corrected chi connectivity index (χ2v) is 6.82. The van der Waals surface area contributed by atoms with Crippen LogP contribution >= 0.6 is 0 Å². The summed E-state index contributed by atoms with van der Waals surface area (Å²) in [6.07, 6.45) is 8.78. The molecule has 100 valence electrons. The van der Waals surface area contributed by atoms with Gasteiger partial charge >= 0.3 is 0 Å². The van der Waals surface area contributed by atoms with Crippen LogP contribution in [0, 0.1) is 11.8 Å². The van der Waals surface area contributed by atoms with Crippen LogP contribution < -0.4 is 0 Å². The Hall–Kier alpha value is -0.570. The smallest absolute Gasteiger partial charge is 0.222 e. The van der Waals surface area contributed by atoms with Crippen molar-refractivity contribution >= 4 is 5.91 Å². The predicted octanol–water partition coefficient (Wildman–Crippen LogP) is 1.87. The maximum Gasteiger partial charge on any atom is 0.222 e. The van der Waals surface area contributed by atoms with Crippen LogP contribution in [-0.2, 0) is 4.79 Å². The lowest BCUT2D eigenvalue weighted by Crippen LogP contribution is -2.64. The highest BCUT2D eigenvalue weighted by molar-refractivity contribution is 5.77. The summed E-state index contributed by atoms with van der Waals surface area (Å²) in [6.45, 7) is 3.66. The Kier molecular flexibility index (Phi) is 2.65. The van der Waals surface area contributed by atoms with Crippen molar-refractivity contribution in [2.45, 2.75) is 57.0 Å². The lowest BCUT2D eigenvalue weighted by atomic mass is 9.71. The Morgan fingerprint density at radius 2 is 1.78 bits per heavy atom. The molecule has 0 unspecified atom stereocenters. The number of hydrogen-bond acceptors (Lipinski definition) is 2. The van der Waals surface area contributed by atoms with Crippen molar-refractivity contribution in [1.29, 1.82) is 0 Å². The molecule has 0 aromatic heterocycles. The molecule has 3 heteroatoms. The van der Waals surface area contributed by atoms with Gasteiger partial charge in [0.2, 0.25) is 5.91 Å². The Balaban J connectivity index is 1.59. The van der Waals surface area contributed by atoms with Gasteiger partial charge in [-0.05, 0) is 50.5 Å². The van der Waals surface area contributed by atoms with Gasteiger partial charge in [0.15, 0.2) is 0 Å². The van der Waals surface area contributed by atoms with E-state index < -0.39 is 0 Å². The van der Waals surface area contributed by atoms with Crippen molar-refractivity contribution in [2.75, 3.05) is 19.6 Å². The third-order valence-electron chi connectivity index (χ3n) is 5.87. The molecule has 4 saturated heterocycles. The number of nitrogens with zero attached hydrogens (tertiary/aromatic N) is 2. The van der Waals surface area contributed by atoms with E-state index in [9.17, 15) is 4.79 Å². The molecule has 2 bridgehead atoms. The molecule has 0 aromatic carbocycles. The molecule has 18 heavy (non-hydrogen) atoms. The molecule has 4 heterocycles. The minimum absolute atomic E-state index is 0.449. The van der Waals surface area contributed by atoms with Crippen LogP contribution in [0.5, 0.6) is 0 Å². The van der Waals surface area contributed by atoms with Gasteiger partial charge in [-0.1, -0.05) is 6.42 Å². The second-order valence-electron chi connectivity index (χ2n) is 6.82. The first-order valence-electron chi connectivity index (χ1n) is 7.86. The molecule has 1 amide bonds. The van der Waals surface area contributed by atoms with E-state index >= 15 is 0 Å². The van der Waals surface area contributed by atoms with E-state index in [-0.39, 0.29) is 0 Å². The Bertz CT molecular complexity index is 356. The maximum absolute atomic E-state index is 12.1. The summed E-state index contributed by atoms with van der Waals surface area (Å²) in [4.78, 5) is 17.2. The van der Waals surface area contributed by atoms with E-state index in [0.29, 0.717) is 11.9 Å². The fourth-order valence-electron chi connectivity index (χ4n) is 5.10. The van der Waals surface area contributed by atoms with Gasteiger partial charge < -0.3 is 4.90 Å². The molecule has 0 radical (unpaired) electrons. The van der Waals surface area contributed by atoms with Crippen molar-refractivity contribution in [3.63, 3.8) is 0 Å². The van der Waals surface area contributed by atoms with Gasteiger partial charge in [-0.3, -0.25) is 9.69 Å². The lowest BCUT2D eigenvalue weighted by molar-refractivity contribution is -0.148. The molecule has 4 rings (SSSR count). The number of carbonyl (C=O) groups excluding carboxylic acids is 1. The minimum atomic E-state index is 0.449. The molecular formula is C15H24N2O. The first-order chi connectivity index (χ1) is 8.83. The SMILES string of the molecule is O=C1CCC[C@H]2[C@H]3C[C@@H](CN12)[C@@H]1CCCCN1C3. The van der Waals surface area contributed by atoms with Crippen LogP contribution in [0.1, 0.15) is 44.9 Å². The Morgan fingerprint density at radius 1 is 0.944 bits per heavy atom. The number of carbonyl (C=O) groups is 1. The summed E-state index contributed by atoms with van der Waals surface area (Å²) in [5.74, 6) is 2.01. The van der Waals surface area contributed by atoms with E-state index in [1.54, 1.807) is 0 Å². The molecule has 3 nitrogen and oxygen atoms in total. The average Bonchev–Trinajstić information content (AvgIpc) is 2.40. The number of rotatable bonds is 0. The van der Waals surface area contributed by atoms with Gasteiger partial charge in [0, 0.05) is 31.6 Å². The highest BCUT2D eigenvalue weighted by atomic mass is 16.2. The summed E-state index contributed by atoms with van der Waals surface area (Å²) in [7, 11) is 0. The number of fused-ring (bicyclic) bond motifs is 6. The summed E-state index contributed by atoms with van der Waals surface area (Å²) in [5, 5.41) is 0. The van der Waals surface area contributed by atoms with Gasteiger partial charge in [0.1, 0.15) is 0 Å². The monoisotopic (exact) mass is 248 g/mol. The van der Waals surface area contributed by atoms with Crippen LogP contribution in [-0.4, -0.2) is 47.4 Å². The Morgan fingerprint density at radius 3 is 2.72 bits per heavy atom. The van der Waals surface area contributed by atoms with Crippen LogP contribution in [0.4, 0.5) is 0 Å². The molecule has 0 saturated carbocycles. The zero-order valence-corrected chi connectivity index (χ0v) is 11.2. The predicted molar refractivity (Wildman–Crippen MR) is 70.2 cm³/mol. The van der Waals surface area contributed by atoms with Gasteiger partial charge in [-0.2, -0.15) is 0 Å². The molecule has 0 aromatic rings. The van der Waals surface area contributed by atoms with Gasteiger partial charge in [-0.25, -0.2) is 0 Å². The fourth-order valence-corrected chi connectivity index (χ4v) is 5.10. The maximum atomic E-state index is 12.1. The number of amides is 1. The highest BCUT2D eigenvalue weighted by Gasteiger charge is 2.47. The standard InChI is InChI=1S/C15H24N2O/c18-15-6-3-5-14-11-8-12(10-17(14)15)13-4-1-2-7-16(13)9-11/h11-14H,1-10H2/t11-,12-,13-,14-/m0/s1. The molecule has 0 aliphatic carbocycles. The quantitative estimate of drug-likeness (QED) is 0.653. The van der Waals surface area contributed by atoms with E-state index in [0.717, 1.165) is 37.3 Å². The highest BCUT2D eigenvalue weighted by Crippen LogP contribution is 2.42. The van der Waals surface area contributed by atoms with Gasteiger partial charge in [0.25, 0.3) is 0 Å². The van der Waals surface area contributed by atoms with Crippen molar-refractivity contribution in [3.8, 4) is 0 Å². The zero-order valence-electron chi connectivity index (χ0n) is 11.2. The van der Waals surface area contributed by atoms with E-state index in [4.69, 9.17) is 0 Å². The minimum Gasteiger partial charge on any atom is -0.339 e. The van der Waals surface area contributed by atoms with E-state index in [1.807, 2.05) is 0 Å². The van der Waals surface area contributed by atoms with E-state index in [2.05, 4.69) is 9.80 Å². The average molecular weight is 248 g/mol. The Labute approximate surface area is 110 Å². The molecule has 4 aliphatic rings. The normalized spacial score (nSPS) is 44.4. The summed E-state index contributed by atoms with van der Waals surface area (Å²) in [6, 6.07) is 1.39. The van der Waals surface area contributed by atoms with Gasteiger partial charge in [-0.15, -0.1) is 0 Å². The lowest BCUT2D eigenvalue weighted by Gasteiger charge is -2.56. The molecule has 0 spiro atoms. The van der Waals surface area contributed by atoms with Crippen LogP contribution in [0.3, 0.4) is 0 Å². The largest absolute Gasteiger partial charge is 0.339 e. The van der Waals surface area contributed by atoms with Crippen molar-refractivity contribution in [3.05, 3.63) is 0 Å². The van der Waals surface area contributed by atoms with Crippen LogP contribution in [0.2, 0.25) is 0 Å². The molecule has 0 N–H and O–H groups in total. The summed E-state index contributed by atoms with van der Waals surface area (Å²) < 4.78 is 0. The fraction of sp³-hybridized carbons (Fsp3) is 0.933. The van der Waals surface area contributed by atoms with Crippen LogP contribution in [0.15, 0.2) is 0 Å². The van der Waals surface area contributed by atoms with Gasteiger partial charge in [0.05, 0.1) is 0 Å². The van der Waals surface area contributed by atoms with Crippen LogP contribution in [0.25, 0.3) is 0 Å². The summed E-state index contributed by atoms with van der Waals surface area (Å²) in [5.41, 5.74) is 0. The van der Waals surface area contributed by atoms with Crippen molar-refractivity contribution in [2.24, 2.45) is 11.8 Å². The number of piperidine rings is 4. The van der Waals surface area contributed by atoms with Crippen molar-refractivity contribution in [1.82, 2.24) is 9.80 Å². The second kappa shape index (κ2) is 4.22. The molecule has 4 fully saturated rings. The number of hydrogen-bond donors (Lipinski definition) is 0. The molecular weight excluding hydrogens is 224 g/mol. The third-order valence-corrected chi connectivity index (χ3v) is 5.87. The topological polar surface area (TPSA) is 23.6 Å². The summed E-state index contributed by atoms with van der Waals surface area (Å²) >= 11 is 0. The first-order valence-corrected chi connectivity index (χ1v) is 7.86. The molecule has 4 atom stereocenters. The third kappa shape index (κ3) is 1.63. The molecule has 4 aliphatic heterocycles. The van der Waals surface area contributed by atoms with Crippen molar-refractivity contribution < 1.29 is 4.79 Å². The van der Waals surface area contributed by atoms with E-state index in [1.165, 1.54) is 45.2 Å².